The van der Waals surface area contributed by atoms with Gasteiger partial charge in [0.2, 0.25) is 0 Å². The Balaban J connectivity index is 1.86. The molecule has 1 unspecified atom stereocenters. The van der Waals surface area contributed by atoms with Crippen LogP contribution in [0.3, 0.4) is 0 Å². The molecule has 0 radical (unpaired) electrons. The molecule has 1 atom stereocenters. The average molecular weight is 272 g/mol. The van der Waals surface area contributed by atoms with E-state index in [0.717, 1.165) is 18.4 Å². The van der Waals surface area contributed by atoms with E-state index in [1.165, 1.54) is 28.8 Å². The van der Waals surface area contributed by atoms with Crippen LogP contribution in [0.15, 0.2) is 18.2 Å². The van der Waals surface area contributed by atoms with Crippen molar-refractivity contribution in [3.8, 4) is 0 Å². The van der Waals surface area contributed by atoms with Gasteiger partial charge in [-0.3, -0.25) is 0 Å². The van der Waals surface area contributed by atoms with E-state index < -0.39 is 5.60 Å². The van der Waals surface area contributed by atoms with E-state index in [4.69, 9.17) is 0 Å². The number of aliphatic hydroxyl groups is 1. The lowest BCUT2D eigenvalue weighted by Gasteiger charge is -2.25. The van der Waals surface area contributed by atoms with Gasteiger partial charge in [0.15, 0.2) is 5.82 Å². The third kappa shape index (κ3) is 2.58. The molecule has 1 heterocycles. The molecule has 0 bridgehead atoms. The maximum Gasteiger partial charge on any atom is 0.178 e. The highest BCUT2D eigenvalue weighted by Crippen LogP contribution is 2.29. The topological polar surface area (TPSA) is 63.8 Å². The van der Waals surface area contributed by atoms with Crippen molar-refractivity contribution < 1.29 is 5.11 Å². The lowest BCUT2D eigenvalue weighted by atomic mass is 9.85. The monoisotopic (exact) mass is 272 g/mol. The molecule has 0 fully saturated rings. The zero-order valence-corrected chi connectivity index (χ0v) is 12.0. The molecule has 0 saturated carbocycles. The number of hydrogen-bond acceptors (Lipinski definition) is 4. The standard InChI is InChI=1S/C15H20N4O/c1-15(20,10-14-16-18-19(2)17-14)13-8-7-11-5-3-4-6-12(11)9-13/h7-9,20H,3-6,10H2,1-2H3. The fourth-order valence-electron chi connectivity index (χ4n) is 2.87. The highest BCUT2D eigenvalue weighted by atomic mass is 16.3. The second-order valence-electron chi connectivity index (χ2n) is 5.84. The van der Waals surface area contributed by atoms with Gasteiger partial charge in [0.1, 0.15) is 0 Å². The van der Waals surface area contributed by atoms with Crippen molar-refractivity contribution in [1.82, 2.24) is 20.2 Å². The molecule has 1 aromatic carbocycles. The number of aromatic nitrogens is 4. The molecule has 1 aliphatic carbocycles. The molecule has 5 heteroatoms. The molecule has 20 heavy (non-hydrogen) atoms. The first-order valence-corrected chi connectivity index (χ1v) is 7.12. The zero-order chi connectivity index (χ0) is 14.2. The molecule has 1 aromatic heterocycles. The van der Waals surface area contributed by atoms with Crippen molar-refractivity contribution in [3.05, 3.63) is 40.7 Å². The van der Waals surface area contributed by atoms with Gasteiger partial charge < -0.3 is 5.11 Å². The molecule has 2 aromatic rings. The van der Waals surface area contributed by atoms with E-state index in [0.29, 0.717) is 12.2 Å². The van der Waals surface area contributed by atoms with E-state index in [9.17, 15) is 5.11 Å². The summed E-state index contributed by atoms with van der Waals surface area (Å²) in [6, 6.07) is 6.33. The Morgan fingerprint density at radius 3 is 2.70 bits per heavy atom. The van der Waals surface area contributed by atoms with Crippen LogP contribution < -0.4 is 0 Å². The lowest BCUT2D eigenvalue weighted by molar-refractivity contribution is 0.0553. The molecule has 0 amide bonds. The van der Waals surface area contributed by atoms with Gasteiger partial charge in [-0.2, -0.15) is 4.80 Å². The largest absolute Gasteiger partial charge is 0.385 e. The number of aryl methyl sites for hydroxylation is 3. The van der Waals surface area contributed by atoms with Crippen LogP contribution in [0, 0.1) is 0 Å². The Kier molecular flexibility index (Phi) is 3.30. The summed E-state index contributed by atoms with van der Waals surface area (Å²) in [5, 5.41) is 22.6. The van der Waals surface area contributed by atoms with Crippen molar-refractivity contribution in [2.75, 3.05) is 0 Å². The van der Waals surface area contributed by atoms with Crippen LogP contribution in [-0.4, -0.2) is 25.3 Å². The highest BCUT2D eigenvalue weighted by Gasteiger charge is 2.27. The number of benzene rings is 1. The third-order valence-corrected chi connectivity index (χ3v) is 4.02. The fourth-order valence-corrected chi connectivity index (χ4v) is 2.87. The molecule has 3 rings (SSSR count). The summed E-state index contributed by atoms with van der Waals surface area (Å²) in [5.41, 5.74) is 2.77. The van der Waals surface area contributed by atoms with Crippen molar-refractivity contribution in [2.45, 2.75) is 44.6 Å². The van der Waals surface area contributed by atoms with Gasteiger partial charge in [-0.25, -0.2) is 0 Å². The quantitative estimate of drug-likeness (QED) is 0.920. The molecule has 0 spiro atoms. The summed E-state index contributed by atoms with van der Waals surface area (Å²) in [6.45, 7) is 1.81. The number of hydrogen-bond donors (Lipinski definition) is 1. The number of rotatable bonds is 3. The van der Waals surface area contributed by atoms with Crippen LogP contribution >= 0.6 is 0 Å². The van der Waals surface area contributed by atoms with Gasteiger partial charge in [0, 0.05) is 6.42 Å². The molecule has 0 aliphatic heterocycles. The van der Waals surface area contributed by atoms with E-state index >= 15 is 0 Å². The SMILES string of the molecule is Cn1nnc(CC(C)(O)c2ccc3c(c2)CCCC3)n1. The van der Waals surface area contributed by atoms with Crippen LogP contribution in [0.5, 0.6) is 0 Å². The fraction of sp³-hybridized carbons (Fsp3) is 0.533. The summed E-state index contributed by atoms with van der Waals surface area (Å²) in [4.78, 5) is 1.41. The number of nitrogens with zero attached hydrogens (tertiary/aromatic N) is 4. The molecule has 0 saturated heterocycles. The zero-order valence-electron chi connectivity index (χ0n) is 12.0. The van der Waals surface area contributed by atoms with Gasteiger partial charge in [-0.05, 0) is 54.5 Å². The van der Waals surface area contributed by atoms with E-state index in [1.807, 2.05) is 13.0 Å². The number of fused-ring (bicyclic) bond motifs is 1. The normalized spacial score (nSPS) is 17.6. The van der Waals surface area contributed by atoms with Crippen molar-refractivity contribution in [1.29, 1.82) is 0 Å². The molecule has 106 valence electrons. The molecule has 1 N–H and O–H groups in total. The minimum atomic E-state index is -0.963. The predicted octanol–water partition coefficient (Wildman–Crippen LogP) is 1.54. The van der Waals surface area contributed by atoms with Crippen molar-refractivity contribution in [2.24, 2.45) is 7.05 Å². The molecule has 1 aliphatic rings. The second-order valence-corrected chi connectivity index (χ2v) is 5.84. The summed E-state index contributed by atoms with van der Waals surface area (Å²) in [7, 11) is 1.73. The first kappa shape index (κ1) is 13.2. The summed E-state index contributed by atoms with van der Waals surface area (Å²) >= 11 is 0. The Morgan fingerprint density at radius 1 is 1.25 bits per heavy atom. The molecular formula is C15H20N4O. The Bertz CT molecular complexity index is 618. The summed E-state index contributed by atoms with van der Waals surface area (Å²) < 4.78 is 0. The van der Waals surface area contributed by atoms with E-state index in [1.54, 1.807) is 7.05 Å². The van der Waals surface area contributed by atoms with Crippen LogP contribution in [0.4, 0.5) is 0 Å². The minimum absolute atomic E-state index is 0.375. The highest BCUT2D eigenvalue weighted by molar-refractivity contribution is 5.36. The van der Waals surface area contributed by atoms with Crippen LogP contribution in [0.25, 0.3) is 0 Å². The first-order chi connectivity index (χ1) is 9.54. The second kappa shape index (κ2) is 4.98. The maximum absolute atomic E-state index is 10.7. The molecule has 5 nitrogen and oxygen atoms in total. The minimum Gasteiger partial charge on any atom is -0.385 e. The van der Waals surface area contributed by atoms with Gasteiger partial charge >= 0.3 is 0 Å². The first-order valence-electron chi connectivity index (χ1n) is 7.12. The third-order valence-electron chi connectivity index (χ3n) is 4.02. The Labute approximate surface area is 118 Å². The summed E-state index contributed by atoms with van der Waals surface area (Å²) in [5.74, 6) is 0.565. The van der Waals surface area contributed by atoms with Gasteiger partial charge in [0.05, 0.1) is 12.6 Å². The summed E-state index contributed by atoms with van der Waals surface area (Å²) in [6.07, 6.45) is 5.16. The van der Waals surface area contributed by atoms with Crippen LogP contribution in [-0.2, 0) is 31.9 Å². The van der Waals surface area contributed by atoms with E-state index in [-0.39, 0.29) is 0 Å². The average Bonchev–Trinajstić information content (AvgIpc) is 2.83. The van der Waals surface area contributed by atoms with Gasteiger partial charge in [0.25, 0.3) is 0 Å². The van der Waals surface area contributed by atoms with Crippen LogP contribution in [0.1, 0.15) is 42.3 Å². The van der Waals surface area contributed by atoms with Gasteiger partial charge in [-0.1, -0.05) is 18.2 Å². The van der Waals surface area contributed by atoms with Crippen molar-refractivity contribution >= 4 is 0 Å². The number of tetrazole rings is 1. The lowest BCUT2D eigenvalue weighted by Crippen LogP contribution is -2.25. The Hall–Kier alpha value is -1.75. The Morgan fingerprint density at radius 2 is 2.00 bits per heavy atom. The van der Waals surface area contributed by atoms with Gasteiger partial charge in [-0.15, -0.1) is 10.2 Å². The molecular weight excluding hydrogens is 252 g/mol. The van der Waals surface area contributed by atoms with E-state index in [2.05, 4.69) is 27.5 Å². The maximum atomic E-state index is 10.7. The smallest absolute Gasteiger partial charge is 0.178 e. The van der Waals surface area contributed by atoms with Crippen molar-refractivity contribution in [3.63, 3.8) is 0 Å². The van der Waals surface area contributed by atoms with Crippen LogP contribution in [0.2, 0.25) is 0 Å². The predicted molar refractivity (Wildman–Crippen MR) is 75.2 cm³/mol.